The first-order valence-corrected chi connectivity index (χ1v) is 7.30. The standard InChI is InChI=1S/C16H24N2/c1-12-11-18(13(2)14-8-9-14)16(10-17-12)15-6-4-3-5-7-15/h3-7,12-14,16-17H,8-11H2,1-2H3. The molecule has 1 aliphatic carbocycles. The summed E-state index contributed by atoms with van der Waals surface area (Å²) in [6.45, 7) is 6.99. The Morgan fingerprint density at radius 1 is 1.22 bits per heavy atom. The summed E-state index contributed by atoms with van der Waals surface area (Å²) in [7, 11) is 0. The van der Waals surface area contributed by atoms with Crippen molar-refractivity contribution in [1.82, 2.24) is 10.2 Å². The number of piperazine rings is 1. The molecule has 0 aromatic heterocycles. The summed E-state index contributed by atoms with van der Waals surface area (Å²) >= 11 is 0. The van der Waals surface area contributed by atoms with Crippen molar-refractivity contribution < 1.29 is 0 Å². The summed E-state index contributed by atoms with van der Waals surface area (Å²) in [5.41, 5.74) is 1.46. The summed E-state index contributed by atoms with van der Waals surface area (Å²) in [5, 5.41) is 3.63. The fourth-order valence-corrected chi connectivity index (χ4v) is 3.22. The minimum atomic E-state index is 0.554. The third-order valence-corrected chi connectivity index (χ3v) is 4.56. The van der Waals surface area contributed by atoms with Gasteiger partial charge in [0.05, 0.1) is 0 Å². The normalized spacial score (nSPS) is 31.2. The Kier molecular flexibility index (Phi) is 3.40. The van der Waals surface area contributed by atoms with Crippen LogP contribution in [0.4, 0.5) is 0 Å². The van der Waals surface area contributed by atoms with E-state index < -0.39 is 0 Å². The lowest BCUT2D eigenvalue weighted by Gasteiger charge is -2.43. The third kappa shape index (κ3) is 2.45. The van der Waals surface area contributed by atoms with Crippen LogP contribution in [0.15, 0.2) is 30.3 Å². The average Bonchev–Trinajstić information content (AvgIpc) is 3.23. The zero-order valence-electron chi connectivity index (χ0n) is 11.5. The van der Waals surface area contributed by atoms with Crippen LogP contribution in [0.5, 0.6) is 0 Å². The summed E-state index contributed by atoms with van der Waals surface area (Å²) < 4.78 is 0. The van der Waals surface area contributed by atoms with E-state index in [9.17, 15) is 0 Å². The molecule has 1 N–H and O–H groups in total. The van der Waals surface area contributed by atoms with Crippen LogP contribution in [0.3, 0.4) is 0 Å². The first-order chi connectivity index (χ1) is 8.75. The van der Waals surface area contributed by atoms with Crippen LogP contribution in [-0.4, -0.2) is 30.1 Å². The van der Waals surface area contributed by atoms with E-state index in [0.717, 1.165) is 18.5 Å². The van der Waals surface area contributed by atoms with Crippen molar-refractivity contribution in [2.75, 3.05) is 13.1 Å². The lowest BCUT2D eigenvalue weighted by molar-refractivity contribution is 0.0823. The highest BCUT2D eigenvalue weighted by atomic mass is 15.3. The van der Waals surface area contributed by atoms with Gasteiger partial charge in [0.15, 0.2) is 0 Å². The molecule has 3 atom stereocenters. The van der Waals surface area contributed by atoms with Crippen LogP contribution < -0.4 is 5.32 Å². The monoisotopic (exact) mass is 244 g/mol. The Morgan fingerprint density at radius 3 is 2.61 bits per heavy atom. The molecule has 1 aliphatic heterocycles. The molecule has 3 unspecified atom stereocenters. The van der Waals surface area contributed by atoms with E-state index in [0.29, 0.717) is 12.1 Å². The molecule has 0 amide bonds. The van der Waals surface area contributed by atoms with Crippen molar-refractivity contribution in [3.05, 3.63) is 35.9 Å². The van der Waals surface area contributed by atoms with Gasteiger partial charge < -0.3 is 5.32 Å². The Morgan fingerprint density at radius 2 is 1.94 bits per heavy atom. The molecule has 1 aromatic rings. The van der Waals surface area contributed by atoms with E-state index in [1.165, 1.54) is 24.9 Å². The predicted octanol–water partition coefficient (Wildman–Crippen LogP) is 2.82. The first kappa shape index (κ1) is 12.2. The van der Waals surface area contributed by atoms with Gasteiger partial charge in [0.25, 0.3) is 0 Å². The van der Waals surface area contributed by atoms with Crippen molar-refractivity contribution in [3.8, 4) is 0 Å². The molecule has 3 rings (SSSR count). The smallest absolute Gasteiger partial charge is 0.0476 e. The lowest BCUT2D eigenvalue weighted by Crippen LogP contribution is -2.54. The Labute approximate surface area is 110 Å². The van der Waals surface area contributed by atoms with Crippen LogP contribution >= 0.6 is 0 Å². The van der Waals surface area contributed by atoms with Gasteiger partial charge in [-0.2, -0.15) is 0 Å². The maximum absolute atomic E-state index is 3.63. The molecule has 2 aliphatic rings. The van der Waals surface area contributed by atoms with Gasteiger partial charge in [0, 0.05) is 31.2 Å². The maximum atomic E-state index is 3.63. The predicted molar refractivity (Wildman–Crippen MR) is 75.5 cm³/mol. The highest BCUT2D eigenvalue weighted by Gasteiger charge is 2.37. The van der Waals surface area contributed by atoms with Gasteiger partial charge in [-0.1, -0.05) is 30.3 Å². The van der Waals surface area contributed by atoms with Gasteiger partial charge in [-0.3, -0.25) is 4.90 Å². The minimum absolute atomic E-state index is 0.554. The van der Waals surface area contributed by atoms with E-state index in [1.54, 1.807) is 0 Å². The van der Waals surface area contributed by atoms with Gasteiger partial charge in [-0.25, -0.2) is 0 Å². The molecule has 0 spiro atoms. The van der Waals surface area contributed by atoms with E-state index in [2.05, 4.69) is 54.4 Å². The highest BCUT2D eigenvalue weighted by molar-refractivity contribution is 5.20. The van der Waals surface area contributed by atoms with Gasteiger partial charge in [-0.15, -0.1) is 0 Å². The molecule has 0 radical (unpaired) electrons. The second kappa shape index (κ2) is 5.02. The molecular weight excluding hydrogens is 220 g/mol. The molecule has 1 heterocycles. The summed E-state index contributed by atoms with van der Waals surface area (Å²) in [6, 6.07) is 12.9. The Hall–Kier alpha value is -0.860. The summed E-state index contributed by atoms with van der Waals surface area (Å²) in [4.78, 5) is 2.73. The zero-order valence-corrected chi connectivity index (χ0v) is 11.5. The molecule has 1 aromatic carbocycles. The molecule has 98 valence electrons. The van der Waals surface area contributed by atoms with Crippen molar-refractivity contribution in [3.63, 3.8) is 0 Å². The maximum Gasteiger partial charge on any atom is 0.0476 e. The van der Waals surface area contributed by atoms with Crippen LogP contribution in [0.2, 0.25) is 0 Å². The summed E-state index contributed by atoms with van der Waals surface area (Å²) in [5.74, 6) is 0.946. The van der Waals surface area contributed by atoms with Gasteiger partial charge in [0.2, 0.25) is 0 Å². The molecule has 0 bridgehead atoms. The Balaban J connectivity index is 1.81. The van der Waals surface area contributed by atoms with E-state index in [-0.39, 0.29) is 0 Å². The quantitative estimate of drug-likeness (QED) is 0.879. The van der Waals surface area contributed by atoms with Crippen molar-refractivity contribution in [2.24, 2.45) is 5.92 Å². The van der Waals surface area contributed by atoms with Gasteiger partial charge in [-0.05, 0) is 38.2 Å². The number of nitrogens with zero attached hydrogens (tertiary/aromatic N) is 1. The molecule has 18 heavy (non-hydrogen) atoms. The van der Waals surface area contributed by atoms with E-state index in [4.69, 9.17) is 0 Å². The van der Waals surface area contributed by atoms with Crippen LogP contribution in [0.1, 0.15) is 38.3 Å². The largest absolute Gasteiger partial charge is 0.311 e. The highest BCUT2D eigenvalue weighted by Crippen LogP contribution is 2.38. The molecule has 2 fully saturated rings. The van der Waals surface area contributed by atoms with Crippen LogP contribution in [0.25, 0.3) is 0 Å². The second-order valence-electron chi connectivity index (χ2n) is 6.01. The number of nitrogens with one attached hydrogen (secondary N) is 1. The van der Waals surface area contributed by atoms with Crippen LogP contribution in [0, 0.1) is 5.92 Å². The second-order valence-corrected chi connectivity index (χ2v) is 6.01. The topological polar surface area (TPSA) is 15.3 Å². The van der Waals surface area contributed by atoms with E-state index >= 15 is 0 Å². The van der Waals surface area contributed by atoms with Crippen LogP contribution in [-0.2, 0) is 0 Å². The number of hydrogen-bond donors (Lipinski definition) is 1. The third-order valence-electron chi connectivity index (χ3n) is 4.56. The number of hydrogen-bond acceptors (Lipinski definition) is 2. The first-order valence-electron chi connectivity index (χ1n) is 7.30. The molecular formula is C16H24N2. The fourth-order valence-electron chi connectivity index (χ4n) is 3.22. The Bertz CT molecular complexity index is 385. The fraction of sp³-hybridized carbons (Fsp3) is 0.625. The average molecular weight is 244 g/mol. The van der Waals surface area contributed by atoms with E-state index in [1.807, 2.05) is 0 Å². The molecule has 1 saturated carbocycles. The van der Waals surface area contributed by atoms with Gasteiger partial charge in [0.1, 0.15) is 0 Å². The number of rotatable bonds is 3. The van der Waals surface area contributed by atoms with Gasteiger partial charge >= 0.3 is 0 Å². The SMILES string of the molecule is CC1CN(C(C)C2CC2)C(c2ccccc2)CN1. The van der Waals surface area contributed by atoms with Crippen molar-refractivity contribution in [2.45, 2.75) is 44.8 Å². The molecule has 2 nitrogen and oxygen atoms in total. The van der Waals surface area contributed by atoms with Crippen molar-refractivity contribution in [1.29, 1.82) is 0 Å². The number of benzene rings is 1. The minimum Gasteiger partial charge on any atom is -0.311 e. The van der Waals surface area contributed by atoms with Crippen molar-refractivity contribution >= 4 is 0 Å². The zero-order chi connectivity index (χ0) is 12.5. The molecule has 1 saturated heterocycles. The lowest BCUT2D eigenvalue weighted by atomic mass is 9.98. The molecule has 2 heteroatoms. The summed E-state index contributed by atoms with van der Waals surface area (Å²) in [6.07, 6.45) is 2.86.